The van der Waals surface area contributed by atoms with Gasteiger partial charge in [0.15, 0.2) is 0 Å². The largest absolute Gasteiger partial charge is 0.398 e. The Balaban J connectivity index is 1.75. The van der Waals surface area contributed by atoms with E-state index in [2.05, 4.69) is 19.1 Å². The number of rotatable bonds is 0. The molecule has 0 aliphatic heterocycles. The molecule has 0 aromatic heterocycles. The molecule has 2 N–H and O–H groups in total. The highest BCUT2D eigenvalue weighted by atomic mass is 16.1. The molecule has 0 radical (unpaired) electrons. The summed E-state index contributed by atoms with van der Waals surface area (Å²) in [5.41, 5.74) is 10.00. The van der Waals surface area contributed by atoms with Gasteiger partial charge in [-0.05, 0) is 67.1 Å². The fourth-order valence-corrected chi connectivity index (χ4v) is 5.42. The van der Waals surface area contributed by atoms with Gasteiger partial charge in [-0.2, -0.15) is 0 Å². The molecular weight excluding hydrogens is 246 g/mol. The Hall–Kier alpha value is -1.31. The highest BCUT2D eigenvalue weighted by molar-refractivity contribution is 5.87. The number of fused-ring (bicyclic) bond motifs is 5. The van der Waals surface area contributed by atoms with Crippen LogP contribution in [0.15, 0.2) is 18.2 Å². The molecule has 2 nitrogen and oxygen atoms in total. The number of hydrogen-bond donors (Lipinski definition) is 1. The number of carbonyl (C=O) groups excluding carboxylic acids is 1. The van der Waals surface area contributed by atoms with Crippen LogP contribution in [-0.4, -0.2) is 5.78 Å². The van der Waals surface area contributed by atoms with Crippen molar-refractivity contribution in [2.24, 2.45) is 17.3 Å². The van der Waals surface area contributed by atoms with Crippen molar-refractivity contribution in [2.45, 2.75) is 51.4 Å². The van der Waals surface area contributed by atoms with Gasteiger partial charge in [-0.1, -0.05) is 19.1 Å². The smallest absolute Gasteiger partial charge is 0.139 e. The van der Waals surface area contributed by atoms with E-state index in [1.54, 1.807) is 0 Å². The lowest BCUT2D eigenvalue weighted by atomic mass is 9.55. The normalized spacial score (nSPS) is 39.0. The van der Waals surface area contributed by atoms with Crippen LogP contribution in [0.1, 0.15) is 56.1 Å². The molecule has 0 amide bonds. The van der Waals surface area contributed by atoms with E-state index in [0.717, 1.165) is 31.4 Å². The van der Waals surface area contributed by atoms with Crippen LogP contribution in [0.5, 0.6) is 0 Å². The van der Waals surface area contributed by atoms with E-state index in [9.17, 15) is 4.79 Å². The van der Waals surface area contributed by atoms with Crippen LogP contribution in [0, 0.1) is 17.3 Å². The summed E-state index contributed by atoms with van der Waals surface area (Å²) in [5, 5.41) is 0. The van der Waals surface area contributed by atoms with Crippen LogP contribution in [0.3, 0.4) is 0 Å². The van der Waals surface area contributed by atoms with Gasteiger partial charge in [0.1, 0.15) is 5.78 Å². The molecular formula is C18H23NO. The quantitative estimate of drug-likeness (QED) is 0.730. The minimum atomic E-state index is -0.0149. The zero-order valence-corrected chi connectivity index (χ0v) is 12.2. The molecule has 2 heteroatoms. The fraction of sp³-hybridized carbons (Fsp3) is 0.611. The van der Waals surface area contributed by atoms with Gasteiger partial charge in [-0.25, -0.2) is 0 Å². The first-order valence-electron chi connectivity index (χ1n) is 8.02. The van der Waals surface area contributed by atoms with Gasteiger partial charge in [0.25, 0.3) is 0 Å². The van der Waals surface area contributed by atoms with Gasteiger partial charge in [0.2, 0.25) is 0 Å². The van der Waals surface area contributed by atoms with Crippen LogP contribution in [0.2, 0.25) is 0 Å². The van der Waals surface area contributed by atoms with E-state index in [-0.39, 0.29) is 5.41 Å². The van der Waals surface area contributed by atoms with Crippen molar-refractivity contribution in [1.82, 2.24) is 0 Å². The summed E-state index contributed by atoms with van der Waals surface area (Å²) >= 11 is 0. The molecule has 3 aliphatic rings. The highest BCUT2D eigenvalue weighted by Crippen LogP contribution is 2.59. The minimum Gasteiger partial charge on any atom is -0.398 e. The van der Waals surface area contributed by atoms with E-state index in [4.69, 9.17) is 5.73 Å². The molecule has 1 aromatic carbocycles. The number of nitrogen functional groups attached to an aromatic ring is 1. The zero-order chi connectivity index (χ0) is 13.9. The first kappa shape index (κ1) is 12.4. The molecule has 0 heterocycles. The third kappa shape index (κ3) is 1.48. The lowest BCUT2D eigenvalue weighted by molar-refractivity contribution is -0.129. The molecule has 20 heavy (non-hydrogen) atoms. The first-order valence-corrected chi connectivity index (χ1v) is 8.02. The average Bonchev–Trinajstić information content (AvgIpc) is 2.75. The Kier molecular flexibility index (Phi) is 2.55. The molecule has 0 unspecified atom stereocenters. The fourth-order valence-electron chi connectivity index (χ4n) is 5.42. The van der Waals surface area contributed by atoms with Crippen LogP contribution < -0.4 is 5.73 Å². The third-order valence-electron chi connectivity index (χ3n) is 6.52. The first-order chi connectivity index (χ1) is 9.61. The van der Waals surface area contributed by atoms with Crippen molar-refractivity contribution in [3.05, 3.63) is 29.3 Å². The van der Waals surface area contributed by atoms with Gasteiger partial charge >= 0.3 is 0 Å². The molecule has 0 saturated heterocycles. The minimum absolute atomic E-state index is 0.0149. The van der Waals surface area contributed by atoms with Crippen molar-refractivity contribution >= 4 is 11.5 Å². The summed E-state index contributed by atoms with van der Waals surface area (Å²) in [4.78, 5) is 12.3. The summed E-state index contributed by atoms with van der Waals surface area (Å²) in [6.07, 6.45) is 6.50. The second kappa shape index (κ2) is 4.09. The Bertz CT molecular complexity index is 579. The Morgan fingerprint density at radius 2 is 2.05 bits per heavy atom. The molecule has 0 spiro atoms. The Morgan fingerprint density at radius 1 is 1.20 bits per heavy atom. The van der Waals surface area contributed by atoms with Crippen LogP contribution in [0.4, 0.5) is 5.69 Å². The van der Waals surface area contributed by atoms with E-state index < -0.39 is 0 Å². The van der Waals surface area contributed by atoms with Crippen molar-refractivity contribution in [2.75, 3.05) is 5.73 Å². The predicted molar refractivity (Wildman–Crippen MR) is 80.5 cm³/mol. The lowest BCUT2D eigenvalue weighted by Crippen LogP contribution is -2.42. The Morgan fingerprint density at radius 3 is 2.90 bits per heavy atom. The molecule has 2 fully saturated rings. The molecule has 4 atom stereocenters. The zero-order valence-electron chi connectivity index (χ0n) is 12.2. The Labute approximate surface area is 120 Å². The second-order valence-electron chi connectivity index (χ2n) is 7.25. The maximum Gasteiger partial charge on any atom is 0.139 e. The second-order valence-corrected chi connectivity index (χ2v) is 7.25. The monoisotopic (exact) mass is 269 g/mol. The van der Waals surface area contributed by atoms with E-state index in [0.29, 0.717) is 23.5 Å². The highest BCUT2D eigenvalue weighted by Gasteiger charge is 2.54. The number of anilines is 1. The van der Waals surface area contributed by atoms with E-state index in [1.807, 2.05) is 6.07 Å². The number of benzene rings is 1. The SMILES string of the molecule is C[C@]12CC[C@@H]3c4cccc(N)c4CC[C@H]3[C@@H]1CCC2=O. The summed E-state index contributed by atoms with van der Waals surface area (Å²) in [6.45, 7) is 2.23. The number of Topliss-reactive ketones (excluding diaryl/α,β-unsaturated/α-hetero) is 1. The van der Waals surface area contributed by atoms with E-state index >= 15 is 0 Å². The maximum absolute atomic E-state index is 12.3. The van der Waals surface area contributed by atoms with Crippen molar-refractivity contribution < 1.29 is 4.79 Å². The standard InChI is InChI=1S/C18H23NO/c1-18-10-9-12-11-3-2-4-16(19)14(11)6-5-13(12)15(18)7-8-17(18)20/h2-4,12-13,15H,5-10,19H2,1H3/t12-,13-,15+,18+/m1/s1. The van der Waals surface area contributed by atoms with Gasteiger partial charge in [0, 0.05) is 17.5 Å². The molecule has 4 rings (SSSR count). The van der Waals surface area contributed by atoms with Crippen molar-refractivity contribution in [1.29, 1.82) is 0 Å². The molecule has 0 bridgehead atoms. The van der Waals surface area contributed by atoms with Gasteiger partial charge in [-0.3, -0.25) is 4.79 Å². The molecule has 2 saturated carbocycles. The number of nitrogens with two attached hydrogens (primary N) is 1. The maximum atomic E-state index is 12.3. The van der Waals surface area contributed by atoms with E-state index in [1.165, 1.54) is 24.0 Å². The van der Waals surface area contributed by atoms with Gasteiger partial charge in [-0.15, -0.1) is 0 Å². The third-order valence-corrected chi connectivity index (χ3v) is 6.52. The number of ketones is 1. The summed E-state index contributed by atoms with van der Waals surface area (Å²) in [7, 11) is 0. The summed E-state index contributed by atoms with van der Waals surface area (Å²) in [6, 6.07) is 6.41. The number of hydrogen-bond acceptors (Lipinski definition) is 2. The van der Waals surface area contributed by atoms with Gasteiger partial charge < -0.3 is 5.73 Å². The predicted octanol–water partition coefficient (Wildman–Crippen LogP) is 3.69. The van der Waals surface area contributed by atoms with Crippen LogP contribution in [0.25, 0.3) is 0 Å². The summed E-state index contributed by atoms with van der Waals surface area (Å²) < 4.78 is 0. The van der Waals surface area contributed by atoms with Crippen LogP contribution >= 0.6 is 0 Å². The topological polar surface area (TPSA) is 43.1 Å². The molecule has 1 aromatic rings. The van der Waals surface area contributed by atoms with Crippen molar-refractivity contribution in [3.8, 4) is 0 Å². The number of carbonyl (C=O) groups is 1. The average molecular weight is 269 g/mol. The van der Waals surface area contributed by atoms with Crippen LogP contribution in [-0.2, 0) is 11.2 Å². The molecule has 106 valence electrons. The lowest BCUT2D eigenvalue weighted by Gasteiger charge is -2.48. The summed E-state index contributed by atoms with van der Waals surface area (Å²) in [5.74, 6) is 2.49. The molecule has 3 aliphatic carbocycles. The van der Waals surface area contributed by atoms with Gasteiger partial charge in [0.05, 0.1) is 0 Å². The van der Waals surface area contributed by atoms with Crippen molar-refractivity contribution in [3.63, 3.8) is 0 Å².